The standard InChI is InChI=1S/C14H13NO2S/c16-13(12-7-4-10-18-12)15-8-9-17-14(15)11-5-2-1-3-6-11/h1-7,10,14H,8-9H2. The molecule has 0 bridgehead atoms. The molecule has 1 aromatic heterocycles. The maximum Gasteiger partial charge on any atom is 0.266 e. The van der Waals surface area contributed by atoms with Crippen LogP contribution in [0, 0.1) is 0 Å². The van der Waals surface area contributed by atoms with Gasteiger partial charge in [-0.2, -0.15) is 0 Å². The summed E-state index contributed by atoms with van der Waals surface area (Å²) in [6.07, 6.45) is -0.249. The Labute approximate surface area is 110 Å². The second kappa shape index (κ2) is 4.92. The Hall–Kier alpha value is -1.65. The lowest BCUT2D eigenvalue weighted by Crippen LogP contribution is -2.30. The highest BCUT2D eigenvalue weighted by Crippen LogP contribution is 2.29. The molecule has 2 aromatic rings. The first-order chi connectivity index (χ1) is 8.86. The summed E-state index contributed by atoms with van der Waals surface area (Å²) in [7, 11) is 0. The molecule has 1 aliphatic rings. The molecule has 1 fully saturated rings. The molecule has 0 aliphatic carbocycles. The van der Waals surface area contributed by atoms with E-state index in [2.05, 4.69) is 0 Å². The highest BCUT2D eigenvalue weighted by molar-refractivity contribution is 7.12. The van der Waals surface area contributed by atoms with E-state index < -0.39 is 0 Å². The Bertz CT molecular complexity index is 524. The molecule has 1 aromatic carbocycles. The molecule has 0 N–H and O–H groups in total. The average molecular weight is 259 g/mol. The number of amides is 1. The first kappa shape index (κ1) is 11.4. The molecule has 0 radical (unpaired) electrons. The summed E-state index contributed by atoms with van der Waals surface area (Å²) in [6, 6.07) is 13.6. The van der Waals surface area contributed by atoms with Gasteiger partial charge in [-0.15, -0.1) is 11.3 Å². The Morgan fingerprint density at radius 3 is 2.78 bits per heavy atom. The minimum Gasteiger partial charge on any atom is -0.352 e. The van der Waals surface area contributed by atoms with Crippen molar-refractivity contribution in [2.75, 3.05) is 13.2 Å². The number of rotatable bonds is 2. The number of nitrogens with zero attached hydrogens (tertiary/aromatic N) is 1. The van der Waals surface area contributed by atoms with E-state index in [1.54, 1.807) is 4.90 Å². The number of thiophene rings is 1. The molecular formula is C14H13NO2S. The van der Waals surface area contributed by atoms with E-state index >= 15 is 0 Å². The largest absolute Gasteiger partial charge is 0.352 e. The van der Waals surface area contributed by atoms with E-state index in [0.29, 0.717) is 13.2 Å². The first-order valence-electron chi connectivity index (χ1n) is 5.87. The summed E-state index contributed by atoms with van der Waals surface area (Å²) >= 11 is 1.47. The van der Waals surface area contributed by atoms with Crippen molar-refractivity contribution >= 4 is 17.2 Å². The molecular weight excluding hydrogens is 246 g/mol. The maximum atomic E-state index is 12.3. The van der Waals surface area contributed by atoms with Gasteiger partial charge in [-0.05, 0) is 11.4 Å². The monoisotopic (exact) mass is 259 g/mol. The van der Waals surface area contributed by atoms with Gasteiger partial charge in [-0.25, -0.2) is 0 Å². The lowest BCUT2D eigenvalue weighted by molar-refractivity contribution is 0.0275. The summed E-state index contributed by atoms with van der Waals surface area (Å²) in [4.78, 5) is 14.9. The zero-order chi connectivity index (χ0) is 12.4. The third-order valence-corrected chi connectivity index (χ3v) is 3.83. The predicted octanol–water partition coefficient (Wildman–Crippen LogP) is 2.92. The van der Waals surface area contributed by atoms with Crippen LogP contribution < -0.4 is 0 Å². The van der Waals surface area contributed by atoms with E-state index in [0.717, 1.165) is 10.4 Å². The zero-order valence-corrected chi connectivity index (χ0v) is 10.6. The fourth-order valence-corrected chi connectivity index (χ4v) is 2.79. The number of hydrogen-bond donors (Lipinski definition) is 0. The van der Waals surface area contributed by atoms with Gasteiger partial charge >= 0.3 is 0 Å². The van der Waals surface area contributed by atoms with E-state index in [1.807, 2.05) is 47.8 Å². The molecule has 1 atom stereocenters. The van der Waals surface area contributed by atoms with E-state index in [4.69, 9.17) is 4.74 Å². The fraction of sp³-hybridized carbons (Fsp3) is 0.214. The topological polar surface area (TPSA) is 29.5 Å². The Balaban J connectivity index is 1.86. The van der Waals surface area contributed by atoms with Gasteiger partial charge in [-0.3, -0.25) is 4.79 Å². The molecule has 1 saturated heterocycles. The predicted molar refractivity (Wildman–Crippen MR) is 70.5 cm³/mol. The SMILES string of the molecule is O=C(c1cccs1)N1CCOC1c1ccccc1. The van der Waals surface area contributed by atoms with Gasteiger partial charge in [0.15, 0.2) is 6.23 Å². The first-order valence-corrected chi connectivity index (χ1v) is 6.75. The Morgan fingerprint density at radius 1 is 1.22 bits per heavy atom. The molecule has 0 spiro atoms. The molecule has 0 saturated carbocycles. The van der Waals surface area contributed by atoms with Crippen LogP contribution in [0.2, 0.25) is 0 Å². The summed E-state index contributed by atoms with van der Waals surface area (Å²) < 4.78 is 5.68. The Kier molecular flexibility index (Phi) is 3.13. The van der Waals surface area contributed by atoms with Gasteiger partial charge in [0.2, 0.25) is 0 Å². The van der Waals surface area contributed by atoms with E-state index in [9.17, 15) is 4.79 Å². The van der Waals surface area contributed by atoms with Crippen LogP contribution in [0.4, 0.5) is 0 Å². The van der Waals surface area contributed by atoms with Crippen molar-refractivity contribution in [1.82, 2.24) is 4.90 Å². The van der Waals surface area contributed by atoms with Crippen LogP contribution in [0.5, 0.6) is 0 Å². The highest BCUT2D eigenvalue weighted by Gasteiger charge is 2.31. The highest BCUT2D eigenvalue weighted by atomic mass is 32.1. The van der Waals surface area contributed by atoms with Crippen LogP contribution in [0.1, 0.15) is 21.5 Å². The smallest absolute Gasteiger partial charge is 0.266 e. The average Bonchev–Trinajstić information content (AvgIpc) is 3.10. The fourth-order valence-electron chi connectivity index (χ4n) is 2.11. The van der Waals surface area contributed by atoms with E-state index in [-0.39, 0.29) is 12.1 Å². The second-order valence-electron chi connectivity index (χ2n) is 4.11. The van der Waals surface area contributed by atoms with Gasteiger partial charge in [0, 0.05) is 12.1 Å². The molecule has 1 amide bonds. The minimum absolute atomic E-state index is 0.0522. The van der Waals surface area contributed by atoms with Crippen molar-refractivity contribution < 1.29 is 9.53 Å². The molecule has 92 valence electrons. The normalized spacial score (nSPS) is 19.1. The molecule has 18 heavy (non-hydrogen) atoms. The zero-order valence-electron chi connectivity index (χ0n) is 9.78. The van der Waals surface area contributed by atoms with Gasteiger partial charge in [-0.1, -0.05) is 36.4 Å². The summed E-state index contributed by atoms with van der Waals surface area (Å²) in [5.41, 5.74) is 1.03. The van der Waals surface area contributed by atoms with Crippen molar-refractivity contribution in [2.24, 2.45) is 0 Å². The Morgan fingerprint density at radius 2 is 2.06 bits per heavy atom. The van der Waals surface area contributed by atoms with Crippen molar-refractivity contribution in [1.29, 1.82) is 0 Å². The molecule has 1 aliphatic heterocycles. The lowest BCUT2D eigenvalue weighted by Gasteiger charge is -2.22. The third-order valence-electron chi connectivity index (χ3n) is 2.97. The molecule has 3 nitrogen and oxygen atoms in total. The van der Waals surface area contributed by atoms with Crippen LogP contribution in [0.25, 0.3) is 0 Å². The van der Waals surface area contributed by atoms with Crippen molar-refractivity contribution in [2.45, 2.75) is 6.23 Å². The van der Waals surface area contributed by atoms with Crippen LogP contribution in [-0.4, -0.2) is 24.0 Å². The number of hydrogen-bond acceptors (Lipinski definition) is 3. The molecule has 4 heteroatoms. The van der Waals surface area contributed by atoms with Crippen LogP contribution in [0.3, 0.4) is 0 Å². The van der Waals surface area contributed by atoms with Gasteiger partial charge in [0.1, 0.15) is 0 Å². The summed E-state index contributed by atoms with van der Waals surface area (Å²) in [5.74, 6) is 0.0522. The maximum absolute atomic E-state index is 12.3. The number of ether oxygens (including phenoxy) is 1. The second-order valence-corrected chi connectivity index (χ2v) is 5.06. The van der Waals surface area contributed by atoms with Gasteiger partial charge < -0.3 is 9.64 Å². The van der Waals surface area contributed by atoms with Crippen LogP contribution >= 0.6 is 11.3 Å². The minimum atomic E-state index is -0.249. The lowest BCUT2D eigenvalue weighted by atomic mass is 10.2. The van der Waals surface area contributed by atoms with Crippen molar-refractivity contribution in [3.63, 3.8) is 0 Å². The number of benzene rings is 1. The van der Waals surface area contributed by atoms with Gasteiger partial charge in [0.05, 0.1) is 11.5 Å². The molecule has 3 rings (SSSR count). The quantitative estimate of drug-likeness (QED) is 0.830. The van der Waals surface area contributed by atoms with Gasteiger partial charge in [0.25, 0.3) is 5.91 Å². The summed E-state index contributed by atoms with van der Waals surface area (Å²) in [5, 5.41) is 1.92. The van der Waals surface area contributed by atoms with Crippen LogP contribution in [-0.2, 0) is 4.74 Å². The number of carbonyl (C=O) groups excluding carboxylic acids is 1. The molecule has 2 heterocycles. The van der Waals surface area contributed by atoms with Crippen molar-refractivity contribution in [3.05, 3.63) is 58.3 Å². The summed E-state index contributed by atoms with van der Waals surface area (Å²) in [6.45, 7) is 1.24. The van der Waals surface area contributed by atoms with E-state index in [1.165, 1.54) is 11.3 Å². The molecule has 1 unspecified atom stereocenters. The number of carbonyl (C=O) groups is 1. The van der Waals surface area contributed by atoms with Crippen molar-refractivity contribution in [3.8, 4) is 0 Å². The van der Waals surface area contributed by atoms with Crippen LogP contribution in [0.15, 0.2) is 47.8 Å². The third kappa shape index (κ3) is 2.05.